The number of benzene rings is 2. The van der Waals surface area contributed by atoms with Gasteiger partial charge in [0.05, 0.1) is 29.7 Å². The number of imidazole rings is 1. The first-order valence-corrected chi connectivity index (χ1v) is 16.9. The van der Waals surface area contributed by atoms with Gasteiger partial charge in [-0.05, 0) is 110 Å². The molecule has 12 nitrogen and oxygen atoms in total. The number of ketones is 2. The third-order valence-corrected chi connectivity index (χ3v) is 8.74. The van der Waals surface area contributed by atoms with Crippen molar-refractivity contribution in [2.75, 3.05) is 19.6 Å². The summed E-state index contributed by atoms with van der Waals surface area (Å²) in [6.07, 6.45) is 2.05. The minimum absolute atomic E-state index is 0.0679. The highest BCUT2D eigenvalue weighted by Gasteiger charge is 2.37. The number of hydrogen-bond donors (Lipinski definition) is 2. The van der Waals surface area contributed by atoms with Crippen molar-refractivity contribution in [1.29, 1.82) is 0 Å². The Morgan fingerprint density at radius 3 is 2.24 bits per heavy atom. The molecule has 5 rings (SSSR count). The summed E-state index contributed by atoms with van der Waals surface area (Å²) in [5.41, 5.74) is 2.16. The topological polar surface area (TPSA) is 151 Å². The largest absolute Gasteiger partial charge is 0.444 e. The van der Waals surface area contributed by atoms with Crippen LogP contribution in [0.5, 0.6) is 0 Å². The van der Waals surface area contributed by atoms with Crippen LogP contribution >= 0.6 is 0 Å². The van der Waals surface area contributed by atoms with Gasteiger partial charge in [0.15, 0.2) is 11.6 Å². The second-order valence-electron chi connectivity index (χ2n) is 14.9. The van der Waals surface area contributed by atoms with Crippen molar-refractivity contribution in [1.82, 2.24) is 25.1 Å². The molecule has 3 aromatic rings. The van der Waals surface area contributed by atoms with Crippen LogP contribution in [-0.2, 0) is 20.7 Å². The van der Waals surface area contributed by atoms with Crippen molar-refractivity contribution in [2.45, 2.75) is 104 Å². The summed E-state index contributed by atoms with van der Waals surface area (Å²) < 4.78 is 11.1. The van der Waals surface area contributed by atoms with Crippen LogP contribution in [0.1, 0.15) is 111 Å². The first-order chi connectivity index (χ1) is 23.0. The molecule has 2 fully saturated rings. The van der Waals surface area contributed by atoms with E-state index in [0.717, 1.165) is 12.8 Å². The molecule has 12 heteroatoms. The van der Waals surface area contributed by atoms with E-state index >= 15 is 0 Å². The lowest BCUT2D eigenvalue weighted by atomic mass is 9.95. The second-order valence-corrected chi connectivity index (χ2v) is 14.9. The standard InChI is InChI=1S/C37H47N5O7/c1-22-23(20-30(43)28-13-9-17-41(28)34(46)48-36(2,3)4)11-8-12-25(22)33(45)38-21-31(44)24-15-16-26-27(19-24)40-32(39-26)29-14-10-18-42(29)35(47)49-37(5,6)7/h8,11-12,15-16,19,28-29H,9-10,13-14,17-18,20-21H2,1-7H3,(H,38,45)(H,39,40)/t28-,29-/m0/s1. The maximum absolute atomic E-state index is 13.3. The number of nitrogens with zero attached hydrogens (tertiary/aromatic N) is 3. The molecule has 3 heterocycles. The van der Waals surface area contributed by atoms with Gasteiger partial charge in [-0.1, -0.05) is 12.1 Å². The van der Waals surface area contributed by atoms with E-state index in [0.29, 0.717) is 65.0 Å². The third-order valence-electron chi connectivity index (χ3n) is 8.74. The molecule has 2 atom stereocenters. The number of nitrogens with one attached hydrogen (secondary N) is 2. The van der Waals surface area contributed by atoms with Gasteiger partial charge in [0, 0.05) is 30.6 Å². The number of likely N-dealkylation sites (tertiary alicyclic amines) is 2. The van der Waals surface area contributed by atoms with Crippen LogP contribution in [0.15, 0.2) is 36.4 Å². The molecule has 0 saturated carbocycles. The van der Waals surface area contributed by atoms with Gasteiger partial charge in [0.25, 0.3) is 5.91 Å². The van der Waals surface area contributed by atoms with E-state index in [2.05, 4.69) is 10.3 Å². The Hall–Kier alpha value is -4.74. The fraction of sp³-hybridized carbons (Fsp3) is 0.514. The lowest BCUT2D eigenvalue weighted by Gasteiger charge is -2.28. The van der Waals surface area contributed by atoms with Crippen molar-refractivity contribution in [2.24, 2.45) is 0 Å². The molecule has 0 radical (unpaired) electrons. The number of Topliss-reactive ketones (excluding diaryl/α,β-unsaturated/α-hetero) is 2. The third kappa shape index (κ3) is 8.47. The molecule has 49 heavy (non-hydrogen) atoms. The fourth-order valence-electron chi connectivity index (χ4n) is 6.38. The lowest BCUT2D eigenvalue weighted by Crippen LogP contribution is -2.43. The zero-order valence-electron chi connectivity index (χ0n) is 29.5. The van der Waals surface area contributed by atoms with Crippen LogP contribution in [0.2, 0.25) is 0 Å². The van der Waals surface area contributed by atoms with Crippen molar-refractivity contribution in [3.8, 4) is 0 Å². The smallest absolute Gasteiger partial charge is 0.410 e. The summed E-state index contributed by atoms with van der Waals surface area (Å²) >= 11 is 0. The van der Waals surface area contributed by atoms with Crippen molar-refractivity contribution in [3.05, 3.63) is 64.5 Å². The molecule has 2 aliphatic rings. The second kappa shape index (κ2) is 14.0. The summed E-state index contributed by atoms with van der Waals surface area (Å²) in [6.45, 7) is 13.5. The Bertz CT molecular complexity index is 1770. The monoisotopic (exact) mass is 673 g/mol. The molecule has 0 spiro atoms. The molecule has 2 aromatic carbocycles. The predicted molar refractivity (Wildman–Crippen MR) is 184 cm³/mol. The normalized spacial score (nSPS) is 18.1. The number of aromatic nitrogens is 2. The first kappa shape index (κ1) is 35.6. The van der Waals surface area contributed by atoms with Crippen LogP contribution in [0.25, 0.3) is 11.0 Å². The maximum atomic E-state index is 13.3. The first-order valence-electron chi connectivity index (χ1n) is 16.9. The number of carbonyl (C=O) groups is 5. The van der Waals surface area contributed by atoms with Crippen molar-refractivity contribution in [3.63, 3.8) is 0 Å². The lowest BCUT2D eigenvalue weighted by molar-refractivity contribution is -0.122. The minimum Gasteiger partial charge on any atom is -0.444 e. The molecule has 3 amide bonds. The zero-order valence-corrected chi connectivity index (χ0v) is 29.5. The highest BCUT2D eigenvalue weighted by atomic mass is 16.6. The Kier molecular flexibility index (Phi) is 10.2. The molecular weight excluding hydrogens is 626 g/mol. The van der Waals surface area contributed by atoms with Gasteiger partial charge in [-0.25, -0.2) is 14.6 Å². The van der Waals surface area contributed by atoms with E-state index in [4.69, 9.17) is 14.5 Å². The molecular formula is C37H47N5O7. The highest BCUT2D eigenvalue weighted by Crippen LogP contribution is 2.33. The van der Waals surface area contributed by atoms with Gasteiger partial charge >= 0.3 is 12.2 Å². The molecule has 0 unspecified atom stereocenters. The van der Waals surface area contributed by atoms with Gasteiger partial charge < -0.3 is 19.8 Å². The summed E-state index contributed by atoms with van der Waals surface area (Å²) in [4.78, 5) is 76.4. The average molecular weight is 674 g/mol. The summed E-state index contributed by atoms with van der Waals surface area (Å²) in [6, 6.07) is 9.46. The van der Waals surface area contributed by atoms with Crippen molar-refractivity contribution < 1.29 is 33.4 Å². The molecule has 0 aliphatic carbocycles. The van der Waals surface area contributed by atoms with E-state index in [9.17, 15) is 24.0 Å². The summed E-state index contributed by atoms with van der Waals surface area (Å²) in [5.74, 6) is -0.183. The number of fused-ring (bicyclic) bond motifs is 1. The number of amides is 3. The number of hydrogen-bond acceptors (Lipinski definition) is 8. The Morgan fingerprint density at radius 2 is 1.55 bits per heavy atom. The van der Waals surface area contributed by atoms with Gasteiger partial charge in [0.2, 0.25) is 0 Å². The minimum atomic E-state index is -0.662. The number of ether oxygens (including phenoxy) is 2. The number of carbonyl (C=O) groups excluding carboxylic acids is 5. The van der Waals surface area contributed by atoms with E-state index in [1.54, 1.807) is 69.0 Å². The van der Waals surface area contributed by atoms with E-state index in [-0.39, 0.29) is 36.7 Å². The molecule has 0 bridgehead atoms. The molecule has 1 aromatic heterocycles. The molecule has 2 N–H and O–H groups in total. The highest BCUT2D eigenvalue weighted by molar-refractivity contribution is 6.04. The van der Waals surface area contributed by atoms with Crippen LogP contribution in [-0.4, -0.2) is 86.3 Å². The molecule has 2 aliphatic heterocycles. The van der Waals surface area contributed by atoms with E-state index < -0.39 is 29.2 Å². The quantitative estimate of drug-likeness (QED) is 0.274. The summed E-state index contributed by atoms with van der Waals surface area (Å²) in [7, 11) is 0. The van der Waals surface area contributed by atoms with E-state index in [1.165, 1.54) is 4.90 Å². The average Bonchev–Trinajstić information content (AvgIpc) is 3.78. The molecule has 2 saturated heterocycles. The fourth-order valence-corrected chi connectivity index (χ4v) is 6.38. The van der Waals surface area contributed by atoms with Gasteiger partial charge in [0.1, 0.15) is 17.0 Å². The zero-order chi connectivity index (χ0) is 35.7. The number of aromatic amines is 1. The molecule has 262 valence electrons. The van der Waals surface area contributed by atoms with Gasteiger partial charge in [-0.2, -0.15) is 0 Å². The summed E-state index contributed by atoms with van der Waals surface area (Å²) in [5, 5.41) is 2.73. The number of H-pyrrole nitrogens is 1. The Balaban J connectivity index is 1.21. The predicted octanol–water partition coefficient (Wildman–Crippen LogP) is 6.07. The number of rotatable bonds is 8. The Labute approximate surface area is 286 Å². The maximum Gasteiger partial charge on any atom is 0.410 e. The Morgan fingerprint density at radius 1 is 0.898 bits per heavy atom. The van der Waals surface area contributed by atoms with Crippen molar-refractivity contribution >= 4 is 40.7 Å². The van der Waals surface area contributed by atoms with Crippen LogP contribution in [0.3, 0.4) is 0 Å². The van der Waals surface area contributed by atoms with Crippen LogP contribution in [0.4, 0.5) is 9.59 Å². The van der Waals surface area contributed by atoms with Crippen LogP contribution < -0.4 is 5.32 Å². The van der Waals surface area contributed by atoms with Gasteiger partial charge in [-0.3, -0.25) is 24.2 Å². The van der Waals surface area contributed by atoms with E-state index in [1.807, 2.05) is 20.8 Å². The van der Waals surface area contributed by atoms with Crippen LogP contribution in [0, 0.1) is 6.92 Å². The SMILES string of the molecule is Cc1c(CC(=O)[C@@H]2CCCN2C(=O)OC(C)(C)C)cccc1C(=O)NCC(=O)c1ccc2nc([C@@H]3CCCN3C(=O)OC(C)(C)C)[nH]c2c1. The van der Waals surface area contributed by atoms with Gasteiger partial charge in [-0.15, -0.1) is 0 Å².